The minimum absolute atomic E-state index is 0.0688. The fourth-order valence-electron chi connectivity index (χ4n) is 2.64. The lowest BCUT2D eigenvalue weighted by Gasteiger charge is -2.21. The molecule has 1 saturated heterocycles. The van der Waals surface area contributed by atoms with Gasteiger partial charge in [-0.1, -0.05) is 12.1 Å². The Kier molecular flexibility index (Phi) is 2.87. The third-order valence-corrected chi connectivity index (χ3v) is 3.63. The Hall–Kier alpha value is -1.32. The van der Waals surface area contributed by atoms with E-state index in [1.165, 1.54) is 23.8 Å². The van der Waals surface area contributed by atoms with Crippen molar-refractivity contribution in [2.75, 3.05) is 13.1 Å². The van der Waals surface area contributed by atoms with E-state index in [9.17, 15) is 0 Å². The molecule has 3 nitrogen and oxygen atoms in total. The zero-order valence-electron chi connectivity index (χ0n) is 9.78. The third kappa shape index (κ3) is 1.96. The summed E-state index contributed by atoms with van der Waals surface area (Å²) in [6.45, 7) is 2.25. The SMILES string of the molecule is OCc1ccc2c(C3CCNCC3)coc2c1. The highest BCUT2D eigenvalue weighted by atomic mass is 16.3. The van der Waals surface area contributed by atoms with Crippen molar-refractivity contribution < 1.29 is 9.52 Å². The number of piperidine rings is 1. The van der Waals surface area contributed by atoms with Gasteiger partial charge in [0.15, 0.2) is 0 Å². The monoisotopic (exact) mass is 231 g/mol. The molecule has 1 aliphatic heterocycles. The number of aliphatic hydroxyl groups is 1. The number of hydrogen-bond acceptors (Lipinski definition) is 3. The maximum absolute atomic E-state index is 9.10. The minimum Gasteiger partial charge on any atom is -0.464 e. The van der Waals surface area contributed by atoms with Crippen LogP contribution in [0.2, 0.25) is 0 Å². The van der Waals surface area contributed by atoms with E-state index in [-0.39, 0.29) is 6.61 Å². The van der Waals surface area contributed by atoms with Gasteiger partial charge < -0.3 is 14.8 Å². The van der Waals surface area contributed by atoms with Crippen LogP contribution in [0.4, 0.5) is 0 Å². The maximum atomic E-state index is 9.10. The summed E-state index contributed by atoms with van der Waals surface area (Å²) in [6, 6.07) is 5.98. The first-order valence-electron chi connectivity index (χ1n) is 6.20. The van der Waals surface area contributed by atoms with Crippen LogP contribution in [-0.4, -0.2) is 18.2 Å². The van der Waals surface area contributed by atoms with E-state index in [4.69, 9.17) is 9.52 Å². The molecule has 1 aliphatic rings. The Labute approximate surface area is 100 Å². The van der Waals surface area contributed by atoms with Crippen molar-refractivity contribution >= 4 is 11.0 Å². The lowest BCUT2D eigenvalue weighted by Crippen LogP contribution is -2.26. The van der Waals surface area contributed by atoms with Crippen molar-refractivity contribution in [1.29, 1.82) is 0 Å². The van der Waals surface area contributed by atoms with Gasteiger partial charge in [-0.25, -0.2) is 0 Å². The van der Waals surface area contributed by atoms with Crippen molar-refractivity contribution in [2.45, 2.75) is 25.4 Å². The summed E-state index contributed by atoms with van der Waals surface area (Å²) in [7, 11) is 0. The smallest absolute Gasteiger partial charge is 0.134 e. The first-order chi connectivity index (χ1) is 8.38. The molecule has 0 atom stereocenters. The first-order valence-corrected chi connectivity index (χ1v) is 6.20. The van der Waals surface area contributed by atoms with Crippen LogP contribution in [0.25, 0.3) is 11.0 Å². The third-order valence-electron chi connectivity index (χ3n) is 3.63. The zero-order chi connectivity index (χ0) is 11.7. The summed E-state index contributed by atoms with van der Waals surface area (Å²) in [5, 5.41) is 13.7. The highest BCUT2D eigenvalue weighted by Gasteiger charge is 2.19. The van der Waals surface area contributed by atoms with Crippen molar-refractivity contribution in [1.82, 2.24) is 5.32 Å². The highest BCUT2D eigenvalue weighted by molar-refractivity contribution is 5.82. The van der Waals surface area contributed by atoms with Gasteiger partial charge in [0, 0.05) is 10.9 Å². The van der Waals surface area contributed by atoms with Crippen LogP contribution in [0, 0.1) is 0 Å². The van der Waals surface area contributed by atoms with Crippen LogP contribution >= 0.6 is 0 Å². The Balaban J connectivity index is 1.99. The van der Waals surface area contributed by atoms with Crippen molar-refractivity contribution in [3.63, 3.8) is 0 Å². The number of nitrogens with one attached hydrogen (secondary N) is 1. The fraction of sp³-hybridized carbons (Fsp3) is 0.429. The van der Waals surface area contributed by atoms with E-state index in [1.54, 1.807) is 0 Å². The van der Waals surface area contributed by atoms with Gasteiger partial charge in [0.2, 0.25) is 0 Å². The number of hydrogen-bond donors (Lipinski definition) is 2. The Morgan fingerprint density at radius 1 is 1.29 bits per heavy atom. The maximum Gasteiger partial charge on any atom is 0.134 e. The van der Waals surface area contributed by atoms with Crippen LogP contribution in [-0.2, 0) is 6.61 Å². The molecule has 0 spiro atoms. The van der Waals surface area contributed by atoms with E-state index in [2.05, 4.69) is 11.4 Å². The quantitative estimate of drug-likeness (QED) is 0.834. The number of rotatable bonds is 2. The van der Waals surface area contributed by atoms with Crippen LogP contribution in [0.15, 0.2) is 28.9 Å². The molecule has 3 heteroatoms. The normalized spacial score (nSPS) is 17.7. The van der Waals surface area contributed by atoms with Gasteiger partial charge >= 0.3 is 0 Å². The van der Waals surface area contributed by atoms with Gasteiger partial charge in [-0.3, -0.25) is 0 Å². The lowest BCUT2D eigenvalue weighted by molar-refractivity contribution is 0.282. The molecule has 2 aromatic rings. The second-order valence-electron chi connectivity index (χ2n) is 4.70. The summed E-state index contributed by atoms with van der Waals surface area (Å²) in [5.41, 5.74) is 3.12. The molecule has 0 bridgehead atoms. The van der Waals surface area contributed by atoms with E-state index >= 15 is 0 Å². The number of aliphatic hydroxyl groups excluding tert-OH is 1. The molecular weight excluding hydrogens is 214 g/mol. The summed E-state index contributed by atoms with van der Waals surface area (Å²) in [6.07, 6.45) is 4.24. The second-order valence-corrected chi connectivity index (χ2v) is 4.70. The minimum atomic E-state index is 0.0688. The van der Waals surface area contributed by atoms with Gasteiger partial charge in [-0.15, -0.1) is 0 Å². The Morgan fingerprint density at radius 2 is 2.12 bits per heavy atom. The second kappa shape index (κ2) is 4.51. The molecule has 2 N–H and O–H groups in total. The first kappa shape index (κ1) is 10.8. The van der Waals surface area contributed by atoms with Crippen molar-refractivity contribution in [3.8, 4) is 0 Å². The molecule has 1 aromatic heterocycles. The fourth-order valence-corrected chi connectivity index (χ4v) is 2.64. The molecule has 0 amide bonds. The molecule has 3 rings (SSSR count). The lowest BCUT2D eigenvalue weighted by atomic mass is 9.90. The van der Waals surface area contributed by atoms with Gasteiger partial charge in [0.1, 0.15) is 5.58 Å². The van der Waals surface area contributed by atoms with E-state index in [0.717, 1.165) is 24.2 Å². The molecule has 1 aromatic carbocycles. The van der Waals surface area contributed by atoms with Gasteiger partial charge in [-0.2, -0.15) is 0 Å². The van der Waals surface area contributed by atoms with Crippen LogP contribution < -0.4 is 5.32 Å². The van der Waals surface area contributed by atoms with Crippen LogP contribution in [0.5, 0.6) is 0 Å². The predicted molar refractivity (Wildman–Crippen MR) is 67.0 cm³/mol. The van der Waals surface area contributed by atoms with Gasteiger partial charge in [0.25, 0.3) is 0 Å². The van der Waals surface area contributed by atoms with E-state index < -0.39 is 0 Å². The molecule has 0 aliphatic carbocycles. The van der Waals surface area contributed by atoms with Crippen LogP contribution in [0.3, 0.4) is 0 Å². The largest absolute Gasteiger partial charge is 0.464 e. The van der Waals surface area contributed by atoms with Gasteiger partial charge in [-0.05, 0) is 43.5 Å². The zero-order valence-corrected chi connectivity index (χ0v) is 9.78. The summed E-state index contributed by atoms with van der Waals surface area (Å²) < 4.78 is 5.61. The molecule has 0 unspecified atom stereocenters. The molecule has 0 saturated carbocycles. The Morgan fingerprint density at radius 3 is 2.88 bits per heavy atom. The highest BCUT2D eigenvalue weighted by Crippen LogP contribution is 2.33. The topological polar surface area (TPSA) is 45.4 Å². The van der Waals surface area contributed by atoms with Crippen molar-refractivity contribution in [2.24, 2.45) is 0 Å². The van der Waals surface area contributed by atoms with E-state index in [1.807, 2.05) is 18.4 Å². The molecule has 0 radical (unpaired) electrons. The average molecular weight is 231 g/mol. The Bertz CT molecular complexity index is 512. The number of fused-ring (bicyclic) bond motifs is 1. The molecule has 17 heavy (non-hydrogen) atoms. The van der Waals surface area contributed by atoms with E-state index in [0.29, 0.717) is 5.92 Å². The average Bonchev–Trinajstić information content (AvgIpc) is 2.82. The number of benzene rings is 1. The summed E-state index contributed by atoms with van der Waals surface area (Å²) in [5.74, 6) is 0.609. The van der Waals surface area contributed by atoms with Crippen molar-refractivity contribution in [3.05, 3.63) is 35.6 Å². The predicted octanol–water partition coefficient (Wildman–Crippen LogP) is 2.39. The number of furan rings is 1. The summed E-state index contributed by atoms with van der Waals surface area (Å²) >= 11 is 0. The molecule has 1 fully saturated rings. The summed E-state index contributed by atoms with van der Waals surface area (Å²) in [4.78, 5) is 0. The molecule has 2 heterocycles. The molecule has 90 valence electrons. The van der Waals surface area contributed by atoms with Crippen LogP contribution in [0.1, 0.15) is 29.9 Å². The standard InChI is InChI=1S/C14H17NO2/c16-8-10-1-2-12-13(9-17-14(12)7-10)11-3-5-15-6-4-11/h1-2,7,9,11,15-16H,3-6,8H2. The molecular formula is C14H17NO2. The van der Waals surface area contributed by atoms with Gasteiger partial charge in [0.05, 0.1) is 12.9 Å².